The molecule has 0 saturated heterocycles. The van der Waals surface area contributed by atoms with Crippen molar-refractivity contribution < 1.29 is 9.13 Å². The van der Waals surface area contributed by atoms with Crippen LogP contribution in [0.25, 0.3) is 0 Å². The Kier molecular flexibility index (Phi) is 3.00. The summed E-state index contributed by atoms with van der Waals surface area (Å²) in [7, 11) is 0. The molecular formula is C12H11FN2O. The van der Waals surface area contributed by atoms with Crippen LogP contribution in [0.5, 0.6) is 5.75 Å². The van der Waals surface area contributed by atoms with Crippen LogP contribution in [-0.4, -0.2) is 4.98 Å². The molecule has 0 aliphatic carbocycles. The number of nitrogens with two attached hydrogens (primary N) is 1. The lowest BCUT2D eigenvalue weighted by Crippen LogP contribution is -2.01. The summed E-state index contributed by atoms with van der Waals surface area (Å²) in [5.41, 5.74) is 7.02. The van der Waals surface area contributed by atoms with Gasteiger partial charge >= 0.3 is 0 Å². The summed E-state index contributed by atoms with van der Waals surface area (Å²) in [4.78, 5) is 3.86. The molecule has 0 aliphatic heterocycles. The minimum Gasteiger partial charge on any atom is -0.486 e. The van der Waals surface area contributed by atoms with E-state index in [9.17, 15) is 4.39 Å². The topological polar surface area (TPSA) is 48.1 Å². The van der Waals surface area contributed by atoms with Crippen molar-refractivity contribution in [3.05, 3.63) is 54.1 Å². The van der Waals surface area contributed by atoms with Crippen LogP contribution in [0.15, 0.2) is 42.7 Å². The molecule has 0 unspecified atom stereocenters. The second-order valence-corrected chi connectivity index (χ2v) is 3.29. The van der Waals surface area contributed by atoms with E-state index in [-0.39, 0.29) is 18.2 Å². The van der Waals surface area contributed by atoms with Gasteiger partial charge in [0, 0.05) is 11.8 Å². The summed E-state index contributed by atoms with van der Waals surface area (Å²) in [6.07, 6.45) is 3.16. The highest BCUT2D eigenvalue weighted by atomic mass is 19.1. The summed E-state index contributed by atoms with van der Waals surface area (Å²) >= 11 is 0. The Balaban J connectivity index is 2.09. The first-order valence-electron chi connectivity index (χ1n) is 4.83. The number of anilines is 1. The van der Waals surface area contributed by atoms with E-state index in [1.54, 1.807) is 36.7 Å². The minimum absolute atomic E-state index is 0.221. The van der Waals surface area contributed by atoms with E-state index >= 15 is 0 Å². The van der Waals surface area contributed by atoms with Crippen LogP contribution in [-0.2, 0) is 6.61 Å². The van der Waals surface area contributed by atoms with Gasteiger partial charge in [-0.1, -0.05) is 12.1 Å². The van der Waals surface area contributed by atoms with Gasteiger partial charge in [-0.05, 0) is 18.2 Å². The molecule has 0 spiro atoms. The van der Waals surface area contributed by atoms with Crippen LogP contribution in [0.3, 0.4) is 0 Å². The molecule has 1 aromatic heterocycles. The fourth-order valence-electron chi connectivity index (χ4n) is 1.28. The third-order valence-corrected chi connectivity index (χ3v) is 2.17. The molecule has 1 aromatic carbocycles. The first-order chi connectivity index (χ1) is 7.77. The van der Waals surface area contributed by atoms with Gasteiger partial charge in [0.15, 0.2) is 11.6 Å². The number of aromatic nitrogens is 1. The Hall–Kier alpha value is -2.10. The van der Waals surface area contributed by atoms with E-state index in [1.165, 1.54) is 6.07 Å². The molecule has 0 aliphatic rings. The zero-order valence-electron chi connectivity index (χ0n) is 8.56. The monoisotopic (exact) mass is 218 g/mol. The third-order valence-electron chi connectivity index (χ3n) is 2.17. The number of pyridine rings is 1. The molecule has 82 valence electrons. The van der Waals surface area contributed by atoms with Crippen molar-refractivity contribution in [1.82, 2.24) is 4.98 Å². The number of ether oxygens (including phenoxy) is 1. The molecule has 4 heteroatoms. The molecule has 1 heterocycles. The zero-order chi connectivity index (χ0) is 11.4. The standard InChI is InChI=1S/C12H11FN2O/c13-10-3-1-2-4-12(10)16-8-9-5-6-15-7-11(9)14/h1-7H,8,14H2. The number of nitrogens with zero attached hydrogens (tertiary/aromatic N) is 1. The van der Waals surface area contributed by atoms with Gasteiger partial charge < -0.3 is 10.5 Å². The average Bonchev–Trinajstić information content (AvgIpc) is 2.30. The van der Waals surface area contributed by atoms with Crippen molar-refractivity contribution in [3.63, 3.8) is 0 Å². The smallest absolute Gasteiger partial charge is 0.165 e. The molecule has 2 aromatic rings. The molecule has 0 amide bonds. The molecule has 0 bridgehead atoms. The van der Waals surface area contributed by atoms with Gasteiger partial charge in [0.25, 0.3) is 0 Å². The highest BCUT2D eigenvalue weighted by Gasteiger charge is 2.03. The SMILES string of the molecule is Nc1cnccc1COc1ccccc1F. The van der Waals surface area contributed by atoms with Crippen molar-refractivity contribution in [2.75, 3.05) is 5.73 Å². The van der Waals surface area contributed by atoms with Crippen molar-refractivity contribution in [2.45, 2.75) is 6.61 Å². The van der Waals surface area contributed by atoms with Crippen LogP contribution >= 0.6 is 0 Å². The van der Waals surface area contributed by atoms with Crippen molar-refractivity contribution in [3.8, 4) is 5.75 Å². The van der Waals surface area contributed by atoms with Crippen LogP contribution in [0.2, 0.25) is 0 Å². The number of hydrogen-bond acceptors (Lipinski definition) is 3. The Morgan fingerprint density at radius 1 is 1.25 bits per heavy atom. The summed E-state index contributed by atoms with van der Waals surface area (Å²) in [6.45, 7) is 0.231. The van der Waals surface area contributed by atoms with Gasteiger partial charge in [-0.2, -0.15) is 0 Å². The lowest BCUT2D eigenvalue weighted by atomic mass is 10.2. The fraction of sp³-hybridized carbons (Fsp3) is 0.0833. The number of nitrogen functional groups attached to an aromatic ring is 1. The molecule has 0 atom stereocenters. The van der Waals surface area contributed by atoms with Gasteiger partial charge in [-0.15, -0.1) is 0 Å². The normalized spacial score (nSPS) is 10.1. The van der Waals surface area contributed by atoms with Gasteiger partial charge in [-0.3, -0.25) is 4.98 Å². The summed E-state index contributed by atoms with van der Waals surface area (Å²) in [6, 6.07) is 8.01. The van der Waals surface area contributed by atoms with Gasteiger partial charge in [0.05, 0.1) is 11.9 Å². The van der Waals surface area contributed by atoms with Crippen molar-refractivity contribution in [1.29, 1.82) is 0 Å². The maximum Gasteiger partial charge on any atom is 0.165 e. The maximum absolute atomic E-state index is 13.2. The first kappa shape index (κ1) is 10.4. The third kappa shape index (κ3) is 2.28. The molecule has 16 heavy (non-hydrogen) atoms. The Morgan fingerprint density at radius 3 is 2.81 bits per heavy atom. The molecule has 0 fully saturated rings. The predicted molar refractivity (Wildman–Crippen MR) is 59.4 cm³/mol. The molecule has 0 radical (unpaired) electrons. The van der Waals surface area contributed by atoms with E-state index in [0.717, 1.165) is 5.56 Å². The second-order valence-electron chi connectivity index (χ2n) is 3.29. The van der Waals surface area contributed by atoms with Crippen molar-refractivity contribution in [2.24, 2.45) is 0 Å². The maximum atomic E-state index is 13.2. The Bertz CT molecular complexity index is 442. The predicted octanol–water partition coefficient (Wildman–Crippen LogP) is 2.38. The van der Waals surface area contributed by atoms with Crippen LogP contribution in [0, 0.1) is 5.82 Å². The number of halogens is 1. The highest BCUT2D eigenvalue weighted by molar-refractivity contribution is 5.43. The van der Waals surface area contributed by atoms with Gasteiger partial charge in [0.2, 0.25) is 0 Å². The van der Waals surface area contributed by atoms with Crippen LogP contribution in [0.1, 0.15) is 5.56 Å². The number of benzene rings is 1. The minimum atomic E-state index is -0.380. The largest absolute Gasteiger partial charge is 0.486 e. The van der Waals surface area contributed by atoms with E-state index in [2.05, 4.69) is 4.98 Å². The molecule has 3 nitrogen and oxygen atoms in total. The lowest BCUT2D eigenvalue weighted by molar-refractivity contribution is 0.291. The van der Waals surface area contributed by atoms with E-state index < -0.39 is 0 Å². The van der Waals surface area contributed by atoms with E-state index in [0.29, 0.717) is 5.69 Å². The number of hydrogen-bond donors (Lipinski definition) is 1. The average molecular weight is 218 g/mol. The fourth-order valence-corrected chi connectivity index (χ4v) is 1.28. The van der Waals surface area contributed by atoms with E-state index in [1.807, 2.05) is 0 Å². The molecule has 0 saturated carbocycles. The summed E-state index contributed by atoms with van der Waals surface area (Å²) in [5, 5.41) is 0. The number of rotatable bonds is 3. The highest BCUT2D eigenvalue weighted by Crippen LogP contribution is 2.18. The zero-order valence-corrected chi connectivity index (χ0v) is 8.56. The number of para-hydroxylation sites is 1. The second kappa shape index (κ2) is 4.61. The van der Waals surface area contributed by atoms with E-state index in [4.69, 9.17) is 10.5 Å². The van der Waals surface area contributed by atoms with Gasteiger partial charge in [-0.25, -0.2) is 4.39 Å². The van der Waals surface area contributed by atoms with Crippen LogP contribution < -0.4 is 10.5 Å². The summed E-state index contributed by atoms with van der Waals surface area (Å²) in [5.74, 6) is -0.158. The molecule has 2 rings (SSSR count). The first-order valence-corrected chi connectivity index (χ1v) is 4.83. The molecular weight excluding hydrogens is 207 g/mol. The van der Waals surface area contributed by atoms with Crippen molar-refractivity contribution >= 4 is 5.69 Å². The van der Waals surface area contributed by atoms with Gasteiger partial charge in [0.1, 0.15) is 6.61 Å². The van der Waals surface area contributed by atoms with Crippen LogP contribution in [0.4, 0.5) is 10.1 Å². The quantitative estimate of drug-likeness (QED) is 0.860. The Labute approximate surface area is 92.7 Å². The molecule has 2 N–H and O–H groups in total. The summed E-state index contributed by atoms with van der Waals surface area (Å²) < 4.78 is 18.5. The lowest BCUT2D eigenvalue weighted by Gasteiger charge is -2.08. The Morgan fingerprint density at radius 2 is 2.06 bits per heavy atom.